The topological polar surface area (TPSA) is 12.0 Å². The van der Waals surface area contributed by atoms with Gasteiger partial charge in [-0.1, -0.05) is 45.4 Å². The van der Waals surface area contributed by atoms with Crippen LogP contribution < -0.4 is 5.32 Å². The lowest BCUT2D eigenvalue weighted by atomic mass is 9.76. The fourth-order valence-corrected chi connectivity index (χ4v) is 3.86. The van der Waals surface area contributed by atoms with E-state index in [1.165, 1.54) is 57.8 Å². The van der Waals surface area contributed by atoms with Crippen LogP contribution in [0.5, 0.6) is 0 Å². The van der Waals surface area contributed by atoms with Crippen LogP contribution in [0.3, 0.4) is 0 Å². The molecule has 2 rings (SSSR count). The maximum atomic E-state index is 3.61. The van der Waals surface area contributed by atoms with E-state index in [1.54, 1.807) is 0 Å². The van der Waals surface area contributed by atoms with E-state index >= 15 is 0 Å². The van der Waals surface area contributed by atoms with E-state index in [1.807, 2.05) is 0 Å². The maximum Gasteiger partial charge on any atom is 0.0120 e. The van der Waals surface area contributed by atoms with Crippen molar-refractivity contribution < 1.29 is 0 Å². The highest BCUT2D eigenvalue weighted by Gasteiger charge is 2.37. The summed E-state index contributed by atoms with van der Waals surface area (Å²) >= 11 is 0. The molecule has 1 atom stereocenters. The molecule has 0 amide bonds. The lowest BCUT2D eigenvalue weighted by molar-refractivity contribution is 0.197. The van der Waals surface area contributed by atoms with Crippen LogP contribution in [0.25, 0.3) is 0 Å². The summed E-state index contributed by atoms with van der Waals surface area (Å²) in [6.45, 7) is 2.51. The molecule has 1 heteroatoms. The average molecular weight is 209 g/mol. The second-order valence-electron chi connectivity index (χ2n) is 6.09. The van der Waals surface area contributed by atoms with Gasteiger partial charge in [-0.25, -0.2) is 0 Å². The Morgan fingerprint density at radius 2 is 1.73 bits per heavy atom. The monoisotopic (exact) mass is 209 g/mol. The molecule has 1 N–H and O–H groups in total. The van der Waals surface area contributed by atoms with Crippen molar-refractivity contribution in [1.82, 2.24) is 5.32 Å². The number of hydrogen-bond acceptors (Lipinski definition) is 1. The lowest BCUT2D eigenvalue weighted by Crippen LogP contribution is -2.41. The van der Waals surface area contributed by atoms with E-state index < -0.39 is 0 Å². The van der Waals surface area contributed by atoms with E-state index in [-0.39, 0.29) is 0 Å². The molecule has 0 aromatic heterocycles. The predicted molar refractivity (Wildman–Crippen MR) is 66.0 cm³/mol. The summed E-state index contributed by atoms with van der Waals surface area (Å²) in [4.78, 5) is 0. The molecule has 2 aliphatic carbocycles. The summed E-state index contributed by atoms with van der Waals surface area (Å²) in [5, 5.41) is 3.61. The molecule has 0 aromatic rings. The molecule has 2 aliphatic rings. The first kappa shape index (κ1) is 11.4. The van der Waals surface area contributed by atoms with E-state index in [4.69, 9.17) is 0 Å². The van der Waals surface area contributed by atoms with Gasteiger partial charge in [0.25, 0.3) is 0 Å². The molecule has 0 radical (unpaired) electrons. The van der Waals surface area contributed by atoms with Gasteiger partial charge >= 0.3 is 0 Å². The van der Waals surface area contributed by atoms with E-state index in [9.17, 15) is 0 Å². The minimum Gasteiger partial charge on any atom is -0.316 e. The number of hydrogen-bond donors (Lipinski definition) is 1. The minimum absolute atomic E-state index is 0.608. The molecule has 15 heavy (non-hydrogen) atoms. The SMILES string of the molecule is CNC(CC1CCCC1)C1(C)CCCC1. The molecule has 1 unspecified atom stereocenters. The first-order chi connectivity index (χ1) is 7.24. The van der Waals surface area contributed by atoms with E-state index in [2.05, 4.69) is 19.3 Å². The van der Waals surface area contributed by atoms with Gasteiger partial charge in [-0.15, -0.1) is 0 Å². The van der Waals surface area contributed by atoms with Crippen molar-refractivity contribution in [2.45, 2.75) is 70.8 Å². The van der Waals surface area contributed by atoms with Crippen LogP contribution in [0.15, 0.2) is 0 Å². The molecule has 0 spiro atoms. The van der Waals surface area contributed by atoms with Gasteiger partial charge in [0.15, 0.2) is 0 Å². The lowest BCUT2D eigenvalue weighted by Gasteiger charge is -2.35. The van der Waals surface area contributed by atoms with Crippen molar-refractivity contribution in [3.05, 3.63) is 0 Å². The molecule has 2 fully saturated rings. The standard InChI is InChI=1S/C14H27N/c1-14(9-5-6-10-14)13(15-2)11-12-7-3-4-8-12/h12-13,15H,3-11H2,1-2H3. The summed E-state index contributed by atoms with van der Waals surface area (Å²) < 4.78 is 0. The van der Waals surface area contributed by atoms with Gasteiger partial charge in [0.05, 0.1) is 0 Å². The molecular formula is C14H27N. The van der Waals surface area contributed by atoms with Crippen molar-refractivity contribution in [1.29, 1.82) is 0 Å². The molecular weight excluding hydrogens is 182 g/mol. The zero-order chi connectivity index (χ0) is 10.7. The first-order valence-electron chi connectivity index (χ1n) is 6.92. The fraction of sp³-hybridized carbons (Fsp3) is 1.00. The quantitative estimate of drug-likeness (QED) is 0.744. The third-order valence-electron chi connectivity index (χ3n) is 4.98. The van der Waals surface area contributed by atoms with Gasteiger partial charge in [-0.2, -0.15) is 0 Å². The van der Waals surface area contributed by atoms with Crippen LogP contribution in [0.2, 0.25) is 0 Å². The zero-order valence-corrected chi connectivity index (χ0v) is 10.5. The Hall–Kier alpha value is -0.0400. The fourth-order valence-electron chi connectivity index (χ4n) is 3.86. The average Bonchev–Trinajstić information content (AvgIpc) is 2.85. The highest BCUT2D eigenvalue weighted by atomic mass is 14.9. The Morgan fingerprint density at radius 1 is 1.13 bits per heavy atom. The summed E-state index contributed by atoms with van der Waals surface area (Å²) in [6.07, 6.45) is 13.2. The Morgan fingerprint density at radius 3 is 2.27 bits per heavy atom. The second kappa shape index (κ2) is 4.86. The second-order valence-corrected chi connectivity index (χ2v) is 6.09. The molecule has 1 nitrogen and oxygen atoms in total. The van der Waals surface area contributed by atoms with Crippen LogP contribution >= 0.6 is 0 Å². The van der Waals surface area contributed by atoms with Crippen LogP contribution in [0, 0.1) is 11.3 Å². The first-order valence-corrected chi connectivity index (χ1v) is 6.92. The summed E-state index contributed by atoms with van der Waals surface area (Å²) in [5.41, 5.74) is 0.608. The Labute approximate surface area is 95.0 Å². The predicted octanol–water partition coefficient (Wildman–Crippen LogP) is 3.74. The Bertz CT molecular complexity index is 188. The molecule has 88 valence electrons. The van der Waals surface area contributed by atoms with Gasteiger partial charge in [0.2, 0.25) is 0 Å². The minimum atomic E-state index is 0.608. The summed E-state index contributed by atoms with van der Waals surface area (Å²) in [7, 11) is 2.17. The number of nitrogens with one attached hydrogen (secondary N) is 1. The summed E-state index contributed by atoms with van der Waals surface area (Å²) in [5.74, 6) is 1.03. The van der Waals surface area contributed by atoms with Gasteiger partial charge in [0.1, 0.15) is 0 Å². The molecule has 2 saturated carbocycles. The molecule has 0 aliphatic heterocycles. The largest absolute Gasteiger partial charge is 0.316 e. The van der Waals surface area contributed by atoms with Gasteiger partial charge in [-0.05, 0) is 37.6 Å². The van der Waals surface area contributed by atoms with Crippen molar-refractivity contribution >= 4 is 0 Å². The van der Waals surface area contributed by atoms with Crippen molar-refractivity contribution in [2.24, 2.45) is 11.3 Å². The van der Waals surface area contributed by atoms with Gasteiger partial charge in [-0.3, -0.25) is 0 Å². The normalized spacial score (nSPS) is 28.4. The van der Waals surface area contributed by atoms with Crippen LogP contribution in [-0.4, -0.2) is 13.1 Å². The Balaban J connectivity index is 1.90. The van der Waals surface area contributed by atoms with Gasteiger partial charge < -0.3 is 5.32 Å². The Kier molecular flexibility index (Phi) is 3.71. The van der Waals surface area contributed by atoms with Crippen molar-refractivity contribution in [3.63, 3.8) is 0 Å². The zero-order valence-electron chi connectivity index (χ0n) is 10.5. The maximum absolute atomic E-state index is 3.61. The molecule has 0 bridgehead atoms. The van der Waals surface area contributed by atoms with Crippen LogP contribution in [0.4, 0.5) is 0 Å². The molecule has 0 aromatic carbocycles. The van der Waals surface area contributed by atoms with E-state index in [0.717, 1.165) is 12.0 Å². The summed E-state index contributed by atoms with van der Waals surface area (Å²) in [6, 6.07) is 0.781. The van der Waals surface area contributed by atoms with Crippen molar-refractivity contribution in [2.75, 3.05) is 7.05 Å². The van der Waals surface area contributed by atoms with Crippen LogP contribution in [-0.2, 0) is 0 Å². The van der Waals surface area contributed by atoms with E-state index in [0.29, 0.717) is 5.41 Å². The number of rotatable bonds is 4. The third-order valence-corrected chi connectivity index (χ3v) is 4.98. The molecule has 0 heterocycles. The highest BCUT2D eigenvalue weighted by Crippen LogP contribution is 2.43. The van der Waals surface area contributed by atoms with Crippen LogP contribution in [0.1, 0.15) is 64.7 Å². The van der Waals surface area contributed by atoms with Gasteiger partial charge in [0, 0.05) is 6.04 Å². The van der Waals surface area contributed by atoms with Crippen molar-refractivity contribution in [3.8, 4) is 0 Å². The smallest absolute Gasteiger partial charge is 0.0120 e. The molecule has 0 saturated heterocycles. The third kappa shape index (κ3) is 2.55. The highest BCUT2D eigenvalue weighted by molar-refractivity contribution is 4.92.